The van der Waals surface area contributed by atoms with E-state index in [-0.39, 0.29) is 12.0 Å². The number of hydrogen-bond acceptors (Lipinski definition) is 4. The van der Waals surface area contributed by atoms with E-state index in [2.05, 4.69) is 10.4 Å². The van der Waals surface area contributed by atoms with Crippen LogP contribution in [-0.2, 0) is 0 Å². The van der Waals surface area contributed by atoms with Gasteiger partial charge in [0.2, 0.25) is 0 Å². The Bertz CT molecular complexity index is 966. The van der Waals surface area contributed by atoms with Crippen molar-refractivity contribution < 1.29 is 14.3 Å². The fraction of sp³-hybridized carbons (Fsp3) is 0.238. The minimum absolute atomic E-state index is 0.158. The number of carbonyl (C=O) groups excluding carboxylic acids is 1. The number of carbonyl (C=O) groups is 1. The number of aryl methyl sites for hydroxylation is 1. The monoisotopic (exact) mass is 363 g/mol. The molecule has 1 aliphatic heterocycles. The zero-order chi connectivity index (χ0) is 18.8. The highest BCUT2D eigenvalue weighted by atomic mass is 16.6. The summed E-state index contributed by atoms with van der Waals surface area (Å²) < 4.78 is 13.4. The second-order valence-electron chi connectivity index (χ2n) is 6.50. The van der Waals surface area contributed by atoms with Crippen molar-refractivity contribution in [3.63, 3.8) is 0 Å². The zero-order valence-electron chi connectivity index (χ0n) is 15.3. The Hall–Kier alpha value is -3.28. The normalized spacial score (nSPS) is 15.4. The van der Waals surface area contributed by atoms with Gasteiger partial charge < -0.3 is 14.8 Å². The summed E-state index contributed by atoms with van der Waals surface area (Å²) in [4.78, 5) is 12.8. The van der Waals surface area contributed by atoms with Gasteiger partial charge in [0, 0.05) is 0 Å². The summed E-state index contributed by atoms with van der Waals surface area (Å²) in [6.45, 7) is 4.51. The molecular formula is C21H21N3O3. The molecule has 3 aromatic rings. The quantitative estimate of drug-likeness (QED) is 0.774. The summed E-state index contributed by atoms with van der Waals surface area (Å²) in [5.41, 5.74) is 3.02. The highest BCUT2D eigenvalue weighted by Gasteiger charge is 2.23. The van der Waals surface area contributed by atoms with Crippen LogP contribution in [0.1, 0.15) is 21.7 Å². The van der Waals surface area contributed by atoms with Crippen LogP contribution in [0.3, 0.4) is 0 Å². The van der Waals surface area contributed by atoms with Gasteiger partial charge in [-0.2, -0.15) is 5.10 Å². The molecular weight excluding hydrogens is 342 g/mol. The molecule has 1 N–H and O–H groups in total. The average Bonchev–Trinajstić information content (AvgIpc) is 3.01. The van der Waals surface area contributed by atoms with Gasteiger partial charge in [-0.3, -0.25) is 4.79 Å². The smallest absolute Gasteiger partial charge is 0.255 e. The number of rotatable bonds is 4. The summed E-state index contributed by atoms with van der Waals surface area (Å²) in [6, 6.07) is 17.3. The zero-order valence-corrected chi connectivity index (χ0v) is 15.3. The van der Waals surface area contributed by atoms with Crippen LogP contribution in [0.4, 0.5) is 0 Å². The van der Waals surface area contributed by atoms with Crippen molar-refractivity contribution in [1.82, 2.24) is 15.1 Å². The summed E-state index contributed by atoms with van der Waals surface area (Å²) >= 11 is 0. The van der Waals surface area contributed by atoms with Crippen molar-refractivity contribution in [2.45, 2.75) is 20.0 Å². The first-order valence-corrected chi connectivity index (χ1v) is 8.92. The van der Waals surface area contributed by atoms with Crippen LogP contribution in [0.15, 0.2) is 54.6 Å². The molecule has 0 fully saturated rings. The van der Waals surface area contributed by atoms with Gasteiger partial charge in [0.1, 0.15) is 12.7 Å². The van der Waals surface area contributed by atoms with E-state index in [0.29, 0.717) is 30.2 Å². The van der Waals surface area contributed by atoms with Crippen LogP contribution in [0.25, 0.3) is 5.69 Å². The summed E-state index contributed by atoms with van der Waals surface area (Å²) in [6.07, 6.45) is -0.228. The van der Waals surface area contributed by atoms with Crippen molar-refractivity contribution in [2.75, 3.05) is 13.2 Å². The molecule has 0 aliphatic carbocycles. The van der Waals surface area contributed by atoms with Crippen LogP contribution >= 0.6 is 0 Å². The lowest BCUT2D eigenvalue weighted by molar-refractivity contribution is 0.0788. The highest BCUT2D eigenvalue weighted by Crippen LogP contribution is 2.30. The number of ether oxygens (including phenoxy) is 2. The molecule has 0 radical (unpaired) electrons. The maximum Gasteiger partial charge on any atom is 0.255 e. The minimum atomic E-state index is -0.228. The molecule has 1 atom stereocenters. The van der Waals surface area contributed by atoms with Gasteiger partial charge in [-0.05, 0) is 38.1 Å². The van der Waals surface area contributed by atoms with Gasteiger partial charge in [0.15, 0.2) is 11.5 Å². The van der Waals surface area contributed by atoms with E-state index in [1.165, 1.54) is 0 Å². The Balaban J connectivity index is 1.46. The van der Waals surface area contributed by atoms with Gasteiger partial charge in [0.25, 0.3) is 5.91 Å². The Morgan fingerprint density at radius 1 is 1.11 bits per heavy atom. The Morgan fingerprint density at radius 3 is 2.59 bits per heavy atom. The van der Waals surface area contributed by atoms with Crippen molar-refractivity contribution in [3.8, 4) is 17.2 Å². The molecule has 2 heterocycles. The van der Waals surface area contributed by atoms with E-state index in [1.807, 2.05) is 68.4 Å². The van der Waals surface area contributed by atoms with Gasteiger partial charge >= 0.3 is 0 Å². The number of nitrogens with one attached hydrogen (secondary N) is 1. The van der Waals surface area contributed by atoms with Crippen molar-refractivity contribution in [1.29, 1.82) is 0 Å². The molecule has 0 spiro atoms. The van der Waals surface area contributed by atoms with Crippen LogP contribution in [0.5, 0.6) is 11.5 Å². The van der Waals surface area contributed by atoms with Crippen molar-refractivity contribution >= 4 is 5.91 Å². The fourth-order valence-corrected chi connectivity index (χ4v) is 3.25. The summed E-state index contributed by atoms with van der Waals surface area (Å²) in [5, 5.41) is 7.47. The fourth-order valence-electron chi connectivity index (χ4n) is 3.25. The Morgan fingerprint density at radius 2 is 1.81 bits per heavy atom. The predicted octanol–water partition coefficient (Wildman–Crippen LogP) is 3.06. The van der Waals surface area contributed by atoms with E-state index in [0.717, 1.165) is 17.1 Å². The molecule has 0 saturated heterocycles. The number of fused-ring (bicyclic) bond motifs is 1. The standard InChI is InChI=1S/C21H21N3O3/c1-14-20(15(2)24(23-14)16-8-4-3-5-9-16)21(25)22-12-17-13-26-18-10-6-7-11-19(18)27-17/h3-11,17H,12-13H2,1-2H3,(H,22,25)/t17-/m1/s1. The van der Waals surface area contributed by atoms with E-state index in [9.17, 15) is 4.79 Å². The number of para-hydroxylation sites is 3. The van der Waals surface area contributed by atoms with E-state index in [4.69, 9.17) is 9.47 Å². The van der Waals surface area contributed by atoms with Gasteiger partial charge in [-0.15, -0.1) is 0 Å². The molecule has 6 heteroatoms. The third kappa shape index (κ3) is 3.38. The lowest BCUT2D eigenvalue weighted by Gasteiger charge is -2.26. The predicted molar refractivity (Wildman–Crippen MR) is 102 cm³/mol. The second-order valence-corrected chi connectivity index (χ2v) is 6.50. The van der Waals surface area contributed by atoms with Crippen molar-refractivity contribution in [3.05, 3.63) is 71.5 Å². The SMILES string of the molecule is Cc1nn(-c2ccccc2)c(C)c1C(=O)NC[C@@H]1COc2ccccc2O1. The number of hydrogen-bond donors (Lipinski definition) is 1. The first-order valence-electron chi connectivity index (χ1n) is 8.92. The number of nitrogens with zero attached hydrogens (tertiary/aromatic N) is 2. The molecule has 1 amide bonds. The summed E-state index contributed by atoms with van der Waals surface area (Å²) in [5.74, 6) is 1.28. The maximum absolute atomic E-state index is 12.8. The van der Waals surface area contributed by atoms with E-state index < -0.39 is 0 Å². The number of aromatic nitrogens is 2. The largest absolute Gasteiger partial charge is 0.486 e. The maximum atomic E-state index is 12.8. The molecule has 1 aromatic heterocycles. The average molecular weight is 363 g/mol. The first-order chi connectivity index (χ1) is 13.1. The lowest BCUT2D eigenvalue weighted by atomic mass is 10.1. The third-order valence-corrected chi connectivity index (χ3v) is 4.58. The van der Waals surface area contributed by atoms with Crippen LogP contribution in [-0.4, -0.2) is 34.9 Å². The number of amides is 1. The van der Waals surface area contributed by atoms with Crippen LogP contribution in [0, 0.1) is 13.8 Å². The van der Waals surface area contributed by atoms with E-state index >= 15 is 0 Å². The van der Waals surface area contributed by atoms with Gasteiger partial charge in [-0.25, -0.2) is 4.68 Å². The Labute approximate surface area is 157 Å². The van der Waals surface area contributed by atoms with Gasteiger partial charge in [-0.1, -0.05) is 30.3 Å². The molecule has 27 heavy (non-hydrogen) atoms. The molecule has 0 unspecified atom stereocenters. The summed E-state index contributed by atoms with van der Waals surface area (Å²) in [7, 11) is 0. The van der Waals surface area contributed by atoms with Gasteiger partial charge in [0.05, 0.1) is 29.2 Å². The van der Waals surface area contributed by atoms with Crippen LogP contribution < -0.4 is 14.8 Å². The molecule has 1 aliphatic rings. The molecule has 2 aromatic carbocycles. The molecule has 0 bridgehead atoms. The Kier molecular flexibility index (Phi) is 4.54. The van der Waals surface area contributed by atoms with E-state index in [1.54, 1.807) is 4.68 Å². The van der Waals surface area contributed by atoms with Crippen molar-refractivity contribution in [2.24, 2.45) is 0 Å². The molecule has 4 rings (SSSR count). The topological polar surface area (TPSA) is 65.4 Å². The van der Waals surface area contributed by atoms with Crippen LogP contribution in [0.2, 0.25) is 0 Å². The third-order valence-electron chi connectivity index (χ3n) is 4.58. The first kappa shape index (κ1) is 17.1. The molecule has 0 saturated carbocycles. The number of benzene rings is 2. The second kappa shape index (κ2) is 7.15. The molecule has 6 nitrogen and oxygen atoms in total. The lowest BCUT2D eigenvalue weighted by Crippen LogP contribution is -2.41. The minimum Gasteiger partial charge on any atom is -0.486 e. The molecule has 138 valence electrons. The highest BCUT2D eigenvalue weighted by molar-refractivity contribution is 5.96.